The minimum absolute atomic E-state index is 0.589. The molecule has 0 aliphatic rings. The SMILES string of the molecule is CCC(C)CN(CCC#N)c1ccccc1. The third-order valence-corrected chi connectivity index (χ3v) is 2.84. The highest BCUT2D eigenvalue weighted by Gasteiger charge is 2.09. The van der Waals surface area contributed by atoms with Gasteiger partial charge in [0.05, 0.1) is 12.5 Å². The summed E-state index contributed by atoms with van der Waals surface area (Å²) in [5.41, 5.74) is 1.22. The number of hydrogen-bond acceptors (Lipinski definition) is 2. The zero-order valence-corrected chi connectivity index (χ0v) is 10.2. The number of hydrogen-bond donors (Lipinski definition) is 0. The van der Waals surface area contributed by atoms with Crippen molar-refractivity contribution in [3.8, 4) is 6.07 Å². The first-order valence-electron chi connectivity index (χ1n) is 5.94. The molecule has 1 unspecified atom stereocenters. The fourth-order valence-corrected chi connectivity index (χ4v) is 1.65. The Bertz CT molecular complexity index is 326. The summed E-state index contributed by atoms with van der Waals surface area (Å²) in [5, 5.41) is 8.68. The third-order valence-electron chi connectivity index (χ3n) is 2.84. The zero-order chi connectivity index (χ0) is 11.8. The molecule has 16 heavy (non-hydrogen) atoms. The second kappa shape index (κ2) is 6.90. The van der Waals surface area contributed by atoms with Gasteiger partial charge in [-0.2, -0.15) is 5.26 Å². The highest BCUT2D eigenvalue weighted by atomic mass is 15.1. The van der Waals surface area contributed by atoms with Crippen molar-refractivity contribution in [2.24, 2.45) is 5.92 Å². The van der Waals surface area contributed by atoms with Crippen LogP contribution in [-0.2, 0) is 0 Å². The van der Waals surface area contributed by atoms with Crippen LogP contribution in [0.25, 0.3) is 0 Å². The van der Waals surface area contributed by atoms with Gasteiger partial charge in [-0.05, 0) is 18.1 Å². The molecule has 86 valence electrons. The van der Waals surface area contributed by atoms with E-state index in [2.05, 4.69) is 36.9 Å². The molecule has 1 aromatic carbocycles. The predicted molar refractivity (Wildman–Crippen MR) is 68.3 cm³/mol. The van der Waals surface area contributed by atoms with Gasteiger partial charge in [-0.25, -0.2) is 0 Å². The Morgan fingerprint density at radius 1 is 1.31 bits per heavy atom. The van der Waals surface area contributed by atoms with Crippen LogP contribution < -0.4 is 4.90 Å². The van der Waals surface area contributed by atoms with Gasteiger partial charge in [-0.15, -0.1) is 0 Å². The average molecular weight is 216 g/mol. The number of benzene rings is 1. The Hall–Kier alpha value is -1.49. The molecule has 0 saturated carbocycles. The molecule has 0 aliphatic carbocycles. The van der Waals surface area contributed by atoms with Crippen LogP contribution in [0.2, 0.25) is 0 Å². The van der Waals surface area contributed by atoms with E-state index in [0.29, 0.717) is 12.3 Å². The Morgan fingerprint density at radius 3 is 2.56 bits per heavy atom. The molecule has 0 radical (unpaired) electrons. The topological polar surface area (TPSA) is 27.0 Å². The first-order valence-corrected chi connectivity index (χ1v) is 5.94. The summed E-state index contributed by atoms with van der Waals surface area (Å²) in [4.78, 5) is 2.30. The quantitative estimate of drug-likeness (QED) is 0.728. The van der Waals surface area contributed by atoms with Gasteiger partial charge in [0.1, 0.15) is 0 Å². The second-order valence-electron chi connectivity index (χ2n) is 4.20. The fraction of sp³-hybridized carbons (Fsp3) is 0.500. The summed E-state index contributed by atoms with van der Waals surface area (Å²) >= 11 is 0. The van der Waals surface area contributed by atoms with Gasteiger partial charge in [0.15, 0.2) is 0 Å². The van der Waals surface area contributed by atoms with E-state index >= 15 is 0 Å². The van der Waals surface area contributed by atoms with Gasteiger partial charge in [-0.3, -0.25) is 0 Å². The largest absolute Gasteiger partial charge is 0.370 e. The van der Waals surface area contributed by atoms with Crippen molar-refractivity contribution < 1.29 is 0 Å². The smallest absolute Gasteiger partial charge is 0.0640 e. The minimum atomic E-state index is 0.589. The van der Waals surface area contributed by atoms with E-state index in [0.717, 1.165) is 13.1 Å². The monoisotopic (exact) mass is 216 g/mol. The number of nitriles is 1. The summed E-state index contributed by atoms with van der Waals surface area (Å²) in [6.45, 7) is 6.31. The predicted octanol–water partition coefficient (Wildman–Crippen LogP) is 3.45. The molecule has 1 aromatic rings. The average Bonchev–Trinajstić information content (AvgIpc) is 2.35. The van der Waals surface area contributed by atoms with E-state index in [4.69, 9.17) is 5.26 Å². The van der Waals surface area contributed by atoms with Crippen LogP contribution in [0.1, 0.15) is 26.7 Å². The van der Waals surface area contributed by atoms with E-state index in [1.165, 1.54) is 12.1 Å². The van der Waals surface area contributed by atoms with Crippen molar-refractivity contribution >= 4 is 5.69 Å². The lowest BCUT2D eigenvalue weighted by Gasteiger charge is -2.26. The van der Waals surface area contributed by atoms with E-state index in [9.17, 15) is 0 Å². The van der Waals surface area contributed by atoms with Crippen molar-refractivity contribution in [1.82, 2.24) is 0 Å². The molecular weight excluding hydrogens is 196 g/mol. The molecule has 0 saturated heterocycles. The molecule has 0 bridgehead atoms. The summed E-state index contributed by atoms with van der Waals surface area (Å²) in [5.74, 6) is 0.666. The second-order valence-corrected chi connectivity index (χ2v) is 4.20. The van der Waals surface area contributed by atoms with Crippen LogP contribution >= 0.6 is 0 Å². The van der Waals surface area contributed by atoms with Crippen molar-refractivity contribution in [3.63, 3.8) is 0 Å². The van der Waals surface area contributed by atoms with Crippen LogP contribution in [-0.4, -0.2) is 13.1 Å². The molecule has 1 atom stereocenters. The standard InChI is InChI=1S/C14H20N2/c1-3-13(2)12-16(11-7-10-15)14-8-5-4-6-9-14/h4-6,8-9,13H,3,7,11-12H2,1-2H3. The van der Waals surface area contributed by atoms with Gasteiger partial charge in [0, 0.05) is 18.8 Å². The van der Waals surface area contributed by atoms with Crippen LogP contribution in [0, 0.1) is 17.2 Å². The zero-order valence-electron chi connectivity index (χ0n) is 10.2. The lowest BCUT2D eigenvalue weighted by atomic mass is 10.1. The molecule has 0 spiro atoms. The molecule has 2 nitrogen and oxygen atoms in total. The van der Waals surface area contributed by atoms with E-state index in [1.54, 1.807) is 0 Å². The van der Waals surface area contributed by atoms with Crippen molar-refractivity contribution in [2.75, 3.05) is 18.0 Å². The van der Waals surface area contributed by atoms with Gasteiger partial charge < -0.3 is 4.90 Å². The fourth-order valence-electron chi connectivity index (χ4n) is 1.65. The summed E-state index contributed by atoms with van der Waals surface area (Å²) in [7, 11) is 0. The van der Waals surface area contributed by atoms with E-state index in [-0.39, 0.29) is 0 Å². The molecule has 0 fully saturated rings. The van der Waals surface area contributed by atoms with Gasteiger partial charge in [-0.1, -0.05) is 38.5 Å². The third kappa shape index (κ3) is 3.94. The highest BCUT2D eigenvalue weighted by molar-refractivity contribution is 5.46. The van der Waals surface area contributed by atoms with Gasteiger partial charge >= 0.3 is 0 Å². The van der Waals surface area contributed by atoms with Crippen LogP contribution in [0.15, 0.2) is 30.3 Å². The number of anilines is 1. The van der Waals surface area contributed by atoms with Crippen LogP contribution in [0.5, 0.6) is 0 Å². The first-order chi connectivity index (χ1) is 7.77. The summed E-state index contributed by atoms with van der Waals surface area (Å²) in [6, 6.07) is 12.6. The van der Waals surface area contributed by atoms with Crippen molar-refractivity contribution in [1.29, 1.82) is 5.26 Å². The van der Waals surface area contributed by atoms with E-state index < -0.39 is 0 Å². The van der Waals surface area contributed by atoms with Crippen molar-refractivity contribution in [3.05, 3.63) is 30.3 Å². The molecule has 0 aromatic heterocycles. The maximum atomic E-state index is 8.68. The highest BCUT2D eigenvalue weighted by Crippen LogP contribution is 2.16. The van der Waals surface area contributed by atoms with Gasteiger partial charge in [0.2, 0.25) is 0 Å². The first kappa shape index (κ1) is 12.6. The molecule has 1 rings (SSSR count). The summed E-state index contributed by atoms with van der Waals surface area (Å²) in [6.07, 6.45) is 1.77. The number of nitrogens with zero attached hydrogens (tertiary/aromatic N) is 2. The number of rotatable bonds is 6. The van der Waals surface area contributed by atoms with Gasteiger partial charge in [0.25, 0.3) is 0 Å². The van der Waals surface area contributed by atoms with Crippen LogP contribution in [0.4, 0.5) is 5.69 Å². The molecule has 0 heterocycles. The maximum absolute atomic E-state index is 8.68. The Balaban J connectivity index is 2.68. The maximum Gasteiger partial charge on any atom is 0.0640 e. The Kier molecular flexibility index (Phi) is 5.42. The lowest BCUT2D eigenvalue weighted by Crippen LogP contribution is -2.29. The molecule has 2 heteroatoms. The molecular formula is C14H20N2. The Morgan fingerprint density at radius 2 is 2.00 bits per heavy atom. The molecule has 0 aliphatic heterocycles. The van der Waals surface area contributed by atoms with E-state index in [1.807, 2.05) is 18.2 Å². The van der Waals surface area contributed by atoms with Crippen molar-refractivity contribution in [2.45, 2.75) is 26.7 Å². The van der Waals surface area contributed by atoms with Crippen LogP contribution in [0.3, 0.4) is 0 Å². The normalized spacial score (nSPS) is 11.8. The number of para-hydroxylation sites is 1. The molecule has 0 N–H and O–H groups in total. The minimum Gasteiger partial charge on any atom is -0.370 e. The lowest BCUT2D eigenvalue weighted by molar-refractivity contribution is 0.544. The summed E-state index contributed by atoms with van der Waals surface area (Å²) < 4.78 is 0. The Labute approximate surface area is 98.5 Å². The molecule has 0 amide bonds.